The van der Waals surface area contributed by atoms with Crippen molar-refractivity contribution < 1.29 is 4.79 Å². The van der Waals surface area contributed by atoms with Crippen LogP contribution in [-0.2, 0) is 0 Å². The maximum absolute atomic E-state index is 12.1. The van der Waals surface area contributed by atoms with Crippen LogP contribution in [0.2, 0.25) is 0 Å². The maximum atomic E-state index is 12.1. The van der Waals surface area contributed by atoms with Gasteiger partial charge in [-0.25, -0.2) is 4.79 Å². The van der Waals surface area contributed by atoms with Gasteiger partial charge < -0.3 is 16.0 Å². The van der Waals surface area contributed by atoms with Crippen molar-refractivity contribution in [3.8, 4) is 0 Å². The van der Waals surface area contributed by atoms with Crippen molar-refractivity contribution in [3.63, 3.8) is 0 Å². The van der Waals surface area contributed by atoms with E-state index in [4.69, 9.17) is 0 Å². The third-order valence-corrected chi connectivity index (χ3v) is 4.27. The van der Waals surface area contributed by atoms with E-state index in [-0.39, 0.29) is 12.1 Å². The molecule has 1 aliphatic rings. The predicted molar refractivity (Wildman–Crippen MR) is 87.6 cm³/mol. The first-order chi connectivity index (χ1) is 10.2. The topological polar surface area (TPSA) is 53.2 Å². The van der Waals surface area contributed by atoms with Crippen molar-refractivity contribution in [2.75, 3.05) is 12.4 Å². The van der Waals surface area contributed by atoms with Gasteiger partial charge in [0.2, 0.25) is 0 Å². The number of anilines is 1. The molecule has 21 heavy (non-hydrogen) atoms. The molecule has 4 nitrogen and oxygen atoms in total. The van der Waals surface area contributed by atoms with Crippen molar-refractivity contribution >= 4 is 11.7 Å². The van der Waals surface area contributed by atoms with Gasteiger partial charge in [-0.15, -0.1) is 0 Å². The number of amides is 2. The number of urea groups is 1. The molecule has 116 valence electrons. The zero-order chi connectivity index (χ0) is 15.1. The largest absolute Gasteiger partial charge is 0.335 e. The van der Waals surface area contributed by atoms with E-state index >= 15 is 0 Å². The van der Waals surface area contributed by atoms with Gasteiger partial charge in [0.25, 0.3) is 0 Å². The first-order valence-corrected chi connectivity index (χ1v) is 8.04. The highest BCUT2D eigenvalue weighted by Gasteiger charge is 2.14. The molecular weight excluding hydrogens is 262 g/mol. The summed E-state index contributed by atoms with van der Waals surface area (Å²) in [5.41, 5.74) is 2.02. The van der Waals surface area contributed by atoms with Crippen LogP contribution in [0, 0.1) is 0 Å². The van der Waals surface area contributed by atoms with Gasteiger partial charge in [-0.3, -0.25) is 0 Å². The molecule has 4 heteroatoms. The molecule has 1 unspecified atom stereocenters. The van der Waals surface area contributed by atoms with E-state index in [1.165, 1.54) is 31.2 Å². The highest BCUT2D eigenvalue weighted by molar-refractivity contribution is 5.89. The number of carbonyl (C=O) groups is 1. The summed E-state index contributed by atoms with van der Waals surface area (Å²) in [7, 11) is 1.93. The Kier molecular flexibility index (Phi) is 6.05. The monoisotopic (exact) mass is 289 g/mol. The number of hydrogen-bond acceptors (Lipinski definition) is 2. The molecule has 1 fully saturated rings. The summed E-state index contributed by atoms with van der Waals surface area (Å²) < 4.78 is 0. The van der Waals surface area contributed by atoms with Crippen LogP contribution in [0.1, 0.15) is 57.1 Å². The number of benzene rings is 1. The predicted octanol–water partition coefficient (Wildman–Crippen LogP) is 3.81. The van der Waals surface area contributed by atoms with Gasteiger partial charge in [-0.05, 0) is 44.5 Å². The van der Waals surface area contributed by atoms with Crippen molar-refractivity contribution in [2.24, 2.45) is 0 Å². The molecule has 0 saturated heterocycles. The molecule has 0 spiro atoms. The van der Waals surface area contributed by atoms with Crippen LogP contribution in [0.3, 0.4) is 0 Å². The third kappa shape index (κ3) is 5.05. The molecule has 1 aliphatic carbocycles. The molecule has 1 saturated carbocycles. The molecule has 0 aliphatic heterocycles. The summed E-state index contributed by atoms with van der Waals surface area (Å²) >= 11 is 0. The SMILES string of the molecule is CNC(C)c1cccc(NC(=O)NC2CCCCCC2)c1. The van der Waals surface area contributed by atoms with Crippen molar-refractivity contribution in [1.29, 1.82) is 0 Å². The van der Waals surface area contributed by atoms with E-state index in [2.05, 4.69) is 28.9 Å². The molecular formula is C17H27N3O. The Morgan fingerprint density at radius 1 is 1.19 bits per heavy atom. The normalized spacial score (nSPS) is 17.8. The average molecular weight is 289 g/mol. The standard InChI is InChI=1S/C17H27N3O/c1-13(18-2)14-8-7-11-16(12-14)20-17(21)19-15-9-5-3-4-6-10-15/h7-8,11-13,15,18H,3-6,9-10H2,1-2H3,(H2,19,20,21). The van der Waals surface area contributed by atoms with Crippen LogP contribution in [0.25, 0.3) is 0 Å². The molecule has 2 amide bonds. The molecule has 1 atom stereocenters. The van der Waals surface area contributed by atoms with Crippen molar-refractivity contribution in [1.82, 2.24) is 10.6 Å². The fraction of sp³-hybridized carbons (Fsp3) is 0.588. The smallest absolute Gasteiger partial charge is 0.319 e. The zero-order valence-electron chi connectivity index (χ0n) is 13.1. The van der Waals surface area contributed by atoms with Crippen LogP contribution in [0.5, 0.6) is 0 Å². The Morgan fingerprint density at radius 2 is 1.90 bits per heavy atom. The van der Waals surface area contributed by atoms with Gasteiger partial charge in [-0.1, -0.05) is 37.8 Å². The van der Waals surface area contributed by atoms with E-state index in [1.54, 1.807) is 0 Å². The Hall–Kier alpha value is -1.55. The number of rotatable bonds is 4. The Bertz CT molecular complexity index is 453. The van der Waals surface area contributed by atoms with Gasteiger partial charge in [0, 0.05) is 17.8 Å². The molecule has 2 rings (SSSR count). The fourth-order valence-corrected chi connectivity index (χ4v) is 2.83. The van der Waals surface area contributed by atoms with E-state index in [0.29, 0.717) is 6.04 Å². The Labute approximate surface area is 127 Å². The minimum atomic E-state index is -0.0869. The highest BCUT2D eigenvalue weighted by atomic mass is 16.2. The number of carbonyl (C=O) groups excluding carboxylic acids is 1. The highest BCUT2D eigenvalue weighted by Crippen LogP contribution is 2.19. The summed E-state index contributed by atoms with van der Waals surface area (Å²) in [5.74, 6) is 0. The Balaban J connectivity index is 1.89. The van der Waals surface area contributed by atoms with E-state index in [1.807, 2.05) is 25.2 Å². The lowest BCUT2D eigenvalue weighted by Gasteiger charge is -2.17. The van der Waals surface area contributed by atoms with Crippen LogP contribution in [0.15, 0.2) is 24.3 Å². The minimum absolute atomic E-state index is 0.0869. The second-order valence-corrected chi connectivity index (χ2v) is 5.92. The molecule has 0 aromatic heterocycles. The number of hydrogen-bond donors (Lipinski definition) is 3. The molecule has 1 aromatic rings. The summed E-state index contributed by atoms with van der Waals surface area (Å²) in [6, 6.07) is 8.51. The van der Waals surface area contributed by atoms with Gasteiger partial charge in [0.15, 0.2) is 0 Å². The van der Waals surface area contributed by atoms with E-state index in [9.17, 15) is 4.79 Å². The molecule has 1 aromatic carbocycles. The molecule has 0 radical (unpaired) electrons. The molecule has 0 heterocycles. The van der Waals surface area contributed by atoms with Crippen molar-refractivity contribution in [3.05, 3.63) is 29.8 Å². The lowest BCUT2D eigenvalue weighted by atomic mass is 10.1. The van der Waals surface area contributed by atoms with Crippen LogP contribution in [-0.4, -0.2) is 19.1 Å². The third-order valence-electron chi connectivity index (χ3n) is 4.27. The van der Waals surface area contributed by atoms with Gasteiger partial charge >= 0.3 is 6.03 Å². The minimum Gasteiger partial charge on any atom is -0.335 e. The van der Waals surface area contributed by atoms with Crippen molar-refractivity contribution in [2.45, 2.75) is 57.5 Å². The van der Waals surface area contributed by atoms with Crippen LogP contribution < -0.4 is 16.0 Å². The van der Waals surface area contributed by atoms with Crippen LogP contribution in [0.4, 0.5) is 10.5 Å². The first kappa shape index (κ1) is 15.8. The first-order valence-electron chi connectivity index (χ1n) is 8.04. The summed E-state index contributed by atoms with van der Waals surface area (Å²) in [6.07, 6.45) is 7.24. The van der Waals surface area contributed by atoms with Gasteiger partial charge in [-0.2, -0.15) is 0 Å². The summed E-state index contributed by atoms with van der Waals surface area (Å²) in [5, 5.41) is 9.26. The lowest BCUT2D eigenvalue weighted by molar-refractivity contribution is 0.247. The van der Waals surface area contributed by atoms with Gasteiger partial charge in [0.1, 0.15) is 0 Å². The Morgan fingerprint density at radius 3 is 2.57 bits per heavy atom. The van der Waals surface area contributed by atoms with Gasteiger partial charge in [0.05, 0.1) is 0 Å². The van der Waals surface area contributed by atoms with E-state index < -0.39 is 0 Å². The number of nitrogens with one attached hydrogen (secondary N) is 3. The second-order valence-electron chi connectivity index (χ2n) is 5.92. The fourth-order valence-electron chi connectivity index (χ4n) is 2.83. The lowest BCUT2D eigenvalue weighted by Crippen LogP contribution is -2.37. The second kappa shape index (κ2) is 8.03. The maximum Gasteiger partial charge on any atom is 0.319 e. The quantitative estimate of drug-likeness (QED) is 0.738. The summed E-state index contributed by atoms with van der Waals surface area (Å²) in [4.78, 5) is 12.1. The summed E-state index contributed by atoms with van der Waals surface area (Å²) in [6.45, 7) is 2.10. The molecule has 3 N–H and O–H groups in total. The average Bonchev–Trinajstić information content (AvgIpc) is 2.75. The van der Waals surface area contributed by atoms with E-state index in [0.717, 1.165) is 18.5 Å². The van der Waals surface area contributed by atoms with Crippen LogP contribution >= 0.6 is 0 Å². The zero-order valence-corrected chi connectivity index (χ0v) is 13.1. The molecule has 0 bridgehead atoms.